The van der Waals surface area contributed by atoms with E-state index in [2.05, 4.69) is 4.98 Å². The number of carbonyl (C=O) groups excluding carboxylic acids is 1. The highest BCUT2D eigenvalue weighted by Gasteiger charge is 2.07. The molecule has 0 unspecified atom stereocenters. The smallest absolute Gasteiger partial charge is 0.272 e. The molecule has 2 nitrogen and oxygen atoms in total. The Kier molecular flexibility index (Phi) is 2.47. The minimum atomic E-state index is -0.630. The highest BCUT2D eigenvalue weighted by Crippen LogP contribution is 2.16. The van der Waals surface area contributed by atoms with E-state index in [1.54, 1.807) is 12.3 Å². The highest BCUT2D eigenvalue weighted by atomic mass is 35.5. The topological polar surface area (TPSA) is 30.0 Å². The lowest BCUT2D eigenvalue weighted by molar-refractivity contribution is 0.107. The zero-order chi connectivity index (χ0) is 8.43. The summed E-state index contributed by atoms with van der Waals surface area (Å²) in [6.07, 6.45) is 1.54. The number of aryl methyl sites for hydroxylation is 1. The Balaban J connectivity index is 3.20. The van der Waals surface area contributed by atoms with E-state index in [0.29, 0.717) is 5.02 Å². The average Bonchev–Trinajstić information content (AvgIpc) is 1.85. The molecule has 0 amide bonds. The number of pyridine rings is 1. The van der Waals surface area contributed by atoms with Crippen molar-refractivity contribution >= 4 is 28.4 Å². The SMILES string of the molecule is Cc1cnc(C(=O)Cl)c(Cl)c1. The fraction of sp³-hybridized carbons (Fsp3) is 0.143. The molecule has 0 saturated heterocycles. The van der Waals surface area contributed by atoms with E-state index in [1.165, 1.54) is 0 Å². The van der Waals surface area contributed by atoms with Gasteiger partial charge < -0.3 is 0 Å². The first-order valence-electron chi connectivity index (χ1n) is 2.93. The van der Waals surface area contributed by atoms with E-state index < -0.39 is 5.24 Å². The number of hydrogen-bond acceptors (Lipinski definition) is 2. The van der Waals surface area contributed by atoms with Crippen LogP contribution in [0.2, 0.25) is 5.02 Å². The molecule has 0 atom stereocenters. The second-order valence-corrected chi connectivity index (χ2v) is 2.87. The maximum Gasteiger partial charge on any atom is 0.272 e. The van der Waals surface area contributed by atoms with Gasteiger partial charge in [0.2, 0.25) is 0 Å². The number of halogens is 2. The predicted octanol–water partition coefficient (Wildman–Crippen LogP) is 2.42. The molecule has 0 aromatic carbocycles. The Morgan fingerprint density at radius 2 is 2.27 bits per heavy atom. The summed E-state index contributed by atoms with van der Waals surface area (Å²) >= 11 is 10.8. The summed E-state index contributed by atoms with van der Waals surface area (Å²) in [6.45, 7) is 1.83. The summed E-state index contributed by atoms with van der Waals surface area (Å²) in [7, 11) is 0. The first-order chi connectivity index (χ1) is 5.11. The standard InChI is InChI=1S/C7H5Cl2NO/c1-4-2-5(8)6(7(9)11)10-3-4/h2-3H,1H3. The minimum absolute atomic E-state index is 0.110. The summed E-state index contributed by atoms with van der Waals surface area (Å²) in [5, 5.41) is -0.333. The lowest BCUT2D eigenvalue weighted by atomic mass is 10.3. The molecular formula is C7H5Cl2NO. The fourth-order valence-corrected chi connectivity index (χ4v) is 1.18. The van der Waals surface area contributed by atoms with Gasteiger partial charge in [-0.25, -0.2) is 4.98 Å². The van der Waals surface area contributed by atoms with Gasteiger partial charge in [-0.15, -0.1) is 0 Å². The Bertz CT molecular complexity index is 298. The molecule has 0 bridgehead atoms. The molecule has 1 aromatic rings. The van der Waals surface area contributed by atoms with Crippen molar-refractivity contribution in [2.45, 2.75) is 6.92 Å². The Hall–Kier alpha value is -0.600. The number of hydrogen-bond donors (Lipinski definition) is 0. The van der Waals surface area contributed by atoms with Gasteiger partial charge >= 0.3 is 0 Å². The van der Waals surface area contributed by atoms with Crippen LogP contribution in [-0.2, 0) is 0 Å². The molecule has 0 radical (unpaired) electrons. The summed E-state index contributed by atoms with van der Waals surface area (Å²) in [5.74, 6) is 0. The zero-order valence-corrected chi connectivity index (χ0v) is 7.28. The van der Waals surface area contributed by atoms with Crippen molar-refractivity contribution in [3.05, 3.63) is 28.5 Å². The van der Waals surface area contributed by atoms with Gasteiger partial charge in [-0.3, -0.25) is 4.79 Å². The van der Waals surface area contributed by atoms with Crippen LogP contribution in [0.1, 0.15) is 16.1 Å². The third-order valence-corrected chi connectivity index (χ3v) is 1.63. The van der Waals surface area contributed by atoms with E-state index in [1.807, 2.05) is 6.92 Å². The van der Waals surface area contributed by atoms with Crippen LogP contribution >= 0.6 is 23.2 Å². The number of nitrogens with zero attached hydrogens (tertiary/aromatic N) is 1. The van der Waals surface area contributed by atoms with Crippen molar-refractivity contribution in [1.82, 2.24) is 4.98 Å². The van der Waals surface area contributed by atoms with Crippen molar-refractivity contribution in [2.75, 3.05) is 0 Å². The normalized spacial score (nSPS) is 9.73. The monoisotopic (exact) mass is 189 g/mol. The molecule has 1 rings (SSSR count). The molecule has 1 heterocycles. The van der Waals surface area contributed by atoms with Crippen molar-refractivity contribution in [3.63, 3.8) is 0 Å². The first kappa shape index (κ1) is 8.50. The van der Waals surface area contributed by atoms with Crippen LogP contribution in [0.3, 0.4) is 0 Å². The lowest BCUT2D eigenvalue weighted by Gasteiger charge is -1.96. The van der Waals surface area contributed by atoms with Gasteiger partial charge in [0.25, 0.3) is 5.24 Å². The molecule has 0 aliphatic rings. The van der Waals surface area contributed by atoms with Crippen molar-refractivity contribution < 1.29 is 4.79 Å². The summed E-state index contributed by atoms with van der Waals surface area (Å²) in [6, 6.07) is 1.64. The molecule has 1 aromatic heterocycles. The van der Waals surface area contributed by atoms with Gasteiger partial charge in [0.05, 0.1) is 5.02 Å². The molecule has 0 spiro atoms. The van der Waals surface area contributed by atoms with Crippen LogP contribution in [0.15, 0.2) is 12.3 Å². The Labute approximate surface area is 74.1 Å². The van der Waals surface area contributed by atoms with E-state index >= 15 is 0 Å². The average molecular weight is 190 g/mol. The molecular weight excluding hydrogens is 185 g/mol. The summed E-state index contributed by atoms with van der Waals surface area (Å²) in [5.41, 5.74) is 1.01. The van der Waals surface area contributed by atoms with Crippen LogP contribution in [-0.4, -0.2) is 10.2 Å². The zero-order valence-electron chi connectivity index (χ0n) is 5.77. The van der Waals surface area contributed by atoms with Gasteiger partial charge in [0.1, 0.15) is 5.69 Å². The van der Waals surface area contributed by atoms with Crippen LogP contribution in [0.5, 0.6) is 0 Å². The lowest BCUT2D eigenvalue weighted by Crippen LogP contribution is -1.95. The van der Waals surface area contributed by atoms with Crippen molar-refractivity contribution in [3.8, 4) is 0 Å². The van der Waals surface area contributed by atoms with Crippen LogP contribution in [0.25, 0.3) is 0 Å². The van der Waals surface area contributed by atoms with Gasteiger partial charge in [-0.1, -0.05) is 11.6 Å². The van der Waals surface area contributed by atoms with Gasteiger partial charge in [0, 0.05) is 6.20 Å². The Morgan fingerprint density at radius 1 is 1.64 bits per heavy atom. The van der Waals surface area contributed by atoms with Crippen LogP contribution in [0.4, 0.5) is 0 Å². The molecule has 4 heteroatoms. The second-order valence-electron chi connectivity index (χ2n) is 2.12. The van der Waals surface area contributed by atoms with Gasteiger partial charge in [0.15, 0.2) is 0 Å². The quantitative estimate of drug-likeness (QED) is 0.636. The van der Waals surface area contributed by atoms with Gasteiger partial charge in [-0.05, 0) is 30.2 Å². The van der Waals surface area contributed by atoms with Crippen molar-refractivity contribution in [2.24, 2.45) is 0 Å². The largest absolute Gasteiger partial charge is 0.274 e. The summed E-state index contributed by atoms with van der Waals surface area (Å²) < 4.78 is 0. The maximum absolute atomic E-state index is 10.6. The molecule has 11 heavy (non-hydrogen) atoms. The molecule has 58 valence electrons. The molecule has 0 aliphatic carbocycles. The minimum Gasteiger partial charge on any atom is -0.274 e. The number of rotatable bonds is 1. The van der Waals surface area contributed by atoms with E-state index in [0.717, 1.165) is 5.56 Å². The number of aromatic nitrogens is 1. The molecule has 0 fully saturated rings. The van der Waals surface area contributed by atoms with Gasteiger partial charge in [-0.2, -0.15) is 0 Å². The van der Waals surface area contributed by atoms with E-state index in [4.69, 9.17) is 23.2 Å². The molecule has 0 N–H and O–H groups in total. The van der Waals surface area contributed by atoms with Crippen LogP contribution in [0, 0.1) is 6.92 Å². The fourth-order valence-electron chi connectivity index (χ4n) is 0.678. The highest BCUT2D eigenvalue weighted by molar-refractivity contribution is 6.68. The number of carbonyl (C=O) groups is 1. The maximum atomic E-state index is 10.6. The van der Waals surface area contributed by atoms with E-state index in [-0.39, 0.29) is 5.69 Å². The van der Waals surface area contributed by atoms with Crippen LogP contribution < -0.4 is 0 Å². The third-order valence-electron chi connectivity index (χ3n) is 1.16. The molecule has 0 saturated carbocycles. The van der Waals surface area contributed by atoms with E-state index in [9.17, 15) is 4.79 Å². The Morgan fingerprint density at radius 3 is 2.73 bits per heavy atom. The third kappa shape index (κ3) is 1.91. The van der Waals surface area contributed by atoms with Crippen molar-refractivity contribution in [1.29, 1.82) is 0 Å². The molecule has 0 aliphatic heterocycles. The predicted molar refractivity (Wildman–Crippen MR) is 44.2 cm³/mol. The summed E-state index contributed by atoms with van der Waals surface area (Å²) in [4.78, 5) is 14.4. The second kappa shape index (κ2) is 3.20. The first-order valence-corrected chi connectivity index (χ1v) is 3.69.